The van der Waals surface area contributed by atoms with E-state index >= 15 is 0 Å². The maximum Gasteiger partial charge on any atom is 0.244 e. The molecule has 1 aromatic heterocycles. The van der Waals surface area contributed by atoms with Crippen molar-refractivity contribution in [1.82, 2.24) is 4.98 Å². The molecule has 7 nitrogen and oxygen atoms in total. The number of carbonyl (C=O) groups is 1. The number of hydrogen-bond donors (Lipinski definition) is 0. The fourth-order valence-electron chi connectivity index (χ4n) is 3.27. The molecule has 1 heterocycles. The minimum Gasteiger partial charge on any atom is -0.497 e. The van der Waals surface area contributed by atoms with Crippen LogP contribution < -0.4 is 14.4 Å². The molecule has 0 aliphatic rings. The van der Waals surface area contributed by atoms with Gasteiger partial charge in [0.15, 0.2) is 15.0 Å². The minimum atomic E-state index is -3.86. The quantitative estimate of drug-likeness (QED) is 0.372. The number of rotatable bonds is 8. The first-order chi connectivity index (χ1) is 15.9. The summed E-state index contributed by atoms with van der Waals surface area (Å²) in [5.41, 5.74) is 1.54. The Bertz CT molecular complexity index is 1370. The first-order valence-corrected chi connectivity index (χ1v) is 12.5. The van der Waals surface area contributed by atoms with Crippen LogP contribution in [0.25, 0.3) is 10.2 Å². The van der Waals surface area contributed by atoms with Crippen molar-refractivity contribution in [2.45, 2.75) is 11.4 Å². The van der Waals surface area contributed by atoms with E-state index in [1.54, 1.807) is 25.3 Å². The number of aromatic nitrogens is 1. The van der Waals surface area contributed by atoms with Gasteiger partial charge in [-0.05, 0) is 42.0 Å². The number of anilines is 1. The second-order valence-electron chi connectivity index (χ2n) is 7.23. The molecule has 170 valence electrons. The fourth-order valence-corrected chi connectivity index (χ4v) is 5.43. The summed E-state index contributed by atoms with van der Waals surface area (Å²) in [6.45, 7) is 0.203. The van der Waals surface area contributed by atoms with Gasteiger partial charge in [-0.3, -0.25) is 9.69 Å². The van der Waals surface area contributed by atoms with Gasteiger partial charge in [-0.15, -0.1) is 0 Å². The highest BCUT2D eigenvalue weighted by atomic mass is 32.2. The van der Waals surface area contributed by atoms with Crippen LogP contribution >= 0.6 is 11.3 Å². The predicted molar refractivity (Wildman–Crippen MR) is 129 cm³/mol. The SMILES string of the molecule is COc1ccc(S(=O)(=O)CC(=O)N(Cc2ccccc2)c2nc3cc(OC)ccc3s2)cc1. The van der Waals surface area contributed by atoms with Gasteiger partial charge in [0.2, 0.25) is 5.91 Å². The van der Waals surface area contributed by atoms with Gasteiger partial charge in [0, 0.05) is 6.07 Å². The number of benzene rings is 3. The van der Waals surface area contributed by atoms with E-state index < -0.39 is 21.5 Å². The fraction of sp³-hybridized carbons (Fsp3) is 0.167. The van der Waals surface area contributed by atoms with Crippen LogP contribution in [0.15, 0.2) is 77.7 Å². The zero-order valence-corrected chi connectivity index (χ0v) is 19.7. The van der Waals surface area contributed by atoms with Crippen LogP contribution in [-0.4, -0.2) is 39.3 Å². The summed E-state index contributed by atoms with van der Waals surface area (Å²) < 4.78 is 37.1. The zero-order valence-electron chi connectivity index (χ0n) is 18.1. The molecule has 0 N–H and O–H groups in total. The zero-order chi connectivity index (χ0) is 23.4. The lowest BCUT2D eigenvalue weighted by molar-refractivity contribution is -0.116. The van der Waals surface area contributed by atoms with Gasteiger partial charge in [-0.25, -0.2) is 13.4 Å². The summed E-state index contributed by atoms with van der Waals surface area (Å²) in [7, 11) is -0.785. The predicted octanol–water partition coefficient (Wildman–Crippen LogP) is 4.32. The molecule has 0 unspecified atom stereocenters. The topological polar surface area (TPSA) is 85.8 Å². The van der Waals surface area contributed by atoms with E-state index in [0.717, 1.165) is 10.3 Å². The van der Waals surface area contributed by atoms with Gasteiger partial charge in [0.1, 0.15) is 17.3 Å². The summed E-state index contributed by atoms with van der Waals surface area (Å²) in [5, 5.41) is 0.428. The molecule has 0 saturated heterocycles. The average molecular weight is 483 g/mol. The summed E-state index contributed by atoms with van der Waals surface area (Å²) in [6.07, 6.45) is 0. The molecule has 0 bridgehead atoms. The number of sulfone groups is 1. The molecule has 9 heteroatoms. The molecule has 33 heavy (non-hydrogen) atoms. The lowest BCUT2D eigenvalue weighted by atomic mass is 10.2. The first kappa shape index (κ1) is 22.8. The largest absolute Gasteiger partial charge is 0.497 e. The van der Waals surface area contributed by atoms with Gasteiger partial charge in [-0.2, -0.15) is 0 Å². The van der Waals surface area contributed by atoms with Crippen molar-refractivity contribution >= 4 is 42.4 Å². The van der Waals surface area contributed by atoms with Crippen molar-refractivity contribution in [3.8, 4) is 11.5 Å². The Morgan fingerprint density at radius 2 is 1.61 bits per heavy atom. The summed E-state index contributed by atoms with van der Waals surface area (Å²) in [4.78, 5) is 19.4. The number of amides is 1. The first-order valence-electron chi connectivity index (χ1n) is 10.1. The smallest absolute Gasteiger partial charge is 0.244 e. The Hall–Kier alpha value is -3.43. The molecule has 0 aliphatic carbocycles. The van der Waals surface area contributed by atoms with Crippen molar-refractivity contribution in [2.24, 2.45) is 0 Å². The van der Waals surface area contributed by atoms with Crippen LogP contribution in [0.5, 0.6) is 11.5 Å². The lowest BCUT2D eigenvalue weighted by Crippen LogP contribution is -2.35. The molecule has 0 spiro atoms. The standard InChI is InChI=1S/C24H22N2O5S2/c1-30-18-8-11-20(12-9-18)33(28,29)16-23(27)26(15-17-6-4-3-5-7-17)24-25-21-14-19(31-2)10-13-22(21)32-24/h3-14H,15-16H2,1-2H3. The number of thiazole rings is 1. The van der Waals surface area contributed by atoms with Crippen molar-refractivity contribution in [2.75, 3.05) is 24.9 Å². The number of hydrogen-bond acceptors (Lipinski definition) is 7. The van der Waals surface area contributed by atoms with Crippen LogP contribution in [-0.2, 0) is 21.2 Å². The third kappa shape index (κ3) is 5.15. The number of fused-ring (bicyclic) bond motifs is 1. The molecular weight excluding hydrogens is 460 g/mol. The van der Waals surface area contributed by atoms with E-state index in [0.29, 0.717) is 22.1 Å². The van der Waals surface area contributed by atoms with Crippen molar-refractivity contribution in [1.29, 1.82) is 0 Å². The van der Waals surface area contributed by atoms with Crippen LogP contribution in [0.3, 0.4) is 0 Å². The number of carbonyl (C=O) groups excluding carboxylic acids is 1. The third-order valence-corrected chi connectivity index (χ3v) is 7.71. The molecular formula is C24H22N2O5S2. The Morgan fingerprint density at radius 1 is 0.939 bits per heavy atom. The van der Waals surface area contributed by atoms with Gasteiger partial charge in [0.05, 0.1) is 35.9 Å². The monoisotopic (exact) mass is 482 g/mol. The van der Waals surface area contributed by atoms with E-state index in [9.17, 15) is 13.2 Å². The molecule has 4 aromatic rings. The normalized spacial score (nSPS) is 11.3. The van der Waals surface area contributed by atoms with Crippen LogP contribution in [0.2, 0.25) is 0 Å². The second-order valence-corrected chi connectivity index (χ2v) is 10.2. The summed E-state index contributed by atoms with van der Waals surface area (Å²) in [5.74, 6) is -0.0373. The molecule has 0 aliphatic heterocycles. The third-order valence-electron chi connectivity index (χ3n) is 5.03. The summed E-state index contributed by atoms with van der Waals surface area (Å²) >= 11 is 1.33. The minimum absolute atomic E-state index is 0.0605. The highest BCUT2D eigenvalue weighted by molar-refractivity contribution is 7.92. The number of ether oxygens (including phenoxy) is 2. The maximum absolute atomic E-state index is 13.3. The molecule has 4 rings (SSSR count). The van der Waals surface area contributed by atoms with Crippen molar-refractivity contribution in [3.63, 3.8) is 0 Å². The Labute approximate surface area is 196 Å². The van der Waals surface area contributed by atoms with E-state index in [1.165, 1.54) is 35.5 Å². The Balaban J connectivity index is 1.67. The van der Waals surface area contributed by atoms with Crippen molar-refractivity contribution in [3.05, 3.63) is 78.4 Å². The maximum atomic E-state index is 13.3. The number of nitrogens with zero attached hydrogens (tertiary/aromatic N) is 2. The van der Waals surface area contributed by atoms with Crippen LogP contribution in [0, 0.1) is 0 Å². The molecule has 0 fully saturated rings. The lowest BCUT2D eigenvalue weighted by Gasteiger charge is -2.20. The Kier molecular flexibility index (Phi) is 6.62. The van der Waals surface area contributed by atoms with E-state index in [1.807, 2.05) is 42.5 Å². The average Bonchev–Trinajstić information content (AvgIpc) is 3.25. The Morgan fingerprint density at radius 3 is 2.27 bits per heavy atom. The molecule has 0 atom stereocenters. The van der Waals surface area contributed by atoms with Crippen LogP contribution in [0.4, 0.5) is 5.13 Å². The molecule has 0 radical (unpaired) electrons. The highest BCUT2D eigenvalue weighted by Gasteiger charge is 2.27. The second kappa shape index (κ2) is 9.60. The summed E-state index contributed by atoms with van der Waals surface area (Å²) in [6, 6.07) is 20.9. The van der Waals surface area contributed by atoms with E-state index in [-0.39, 0.29) is 11.4 Å². The van der Waals surface area contributed by atoms with E-state index in [4.69, 9.17) is 9.47 Å². The van der Waals surface area contributed by atoms with Gasteiger partial charge in [-0.1, -0.05) is 41.7 Å². The van der Waals surface area contributed by atoms with E-state index in [2.05, 4.69) is 4.98 Å². The van der Waals surface area contributed by atoms with Crippen LogP contribution in [0.1, 0.15) is 5.56 Å². The molecule has 3 aromatic carbocycles. The number of methoxy groups -OCH3 is 2. The molecule has 0 saturated carbocycles. The van der Waals surface area contributed by atoms with Gasteiger partial charge in [0.25, 0.3) is 0 Å². The van der Waals surface area contributed by atoms with Crippen molar-refractivity contribution < 1.29 is 22.7 Å². The van der Waals surface area contributed by atoms with Gasteiger partial charge < -0.3 is 9.47 Å². The highest BCUT2D eigenvalue weighted by Crippen LogP contribution is 2.32. The molecule has 1 amide bonds. The van der Waals surface area contributed by atoms with Gasteiger partial charge >= 0.3 is 0 Å².